The zero-order chi connectivity index (χ0) is 43.3. The number of pyridine rings is 1. The molecular weight excluding hydrogens is 801 g/mol. The monoisotopic (exact) mass is 838 g/mol. The summed E-state index contributed by atoms with van der Waals surface area (Å²) in [5, 5.41) is 15.6. The highest BCUT2D eigenvalue weighted by atomic mass is 16.3. The van der Waals surface area contributed by atoms with E-state index in [0.717, 1.165) is 61.3 Å². The molecule has 0 N–H and O–H groups in total. The molecule has 306 valence electrons. The molecule has 0 aliphatic carbocycles. The smallest absolute Gasteiger partial charge is 0.141 e. The van der Waals surface area contributed by atoms with E-state index in [2.05, 4.69) is 223 Å². The van der Waals surface area contributed by atoms with Crippen LogP contribution in [-0.4, -0.2) is 9.55 Å². The summed E-state index contributed by atoms with van der Waals surface area (Å²) in [7, 11) is 0. The lowest BCUT2D eigenvalue weighted by atomic mass is 9.91. The molecule has 0 saturated carbocycles. The van der Waals surface area contributed by atoms with Gasteiger partial charge >= 0.3 is 0 Å². The van der Waals surface area contributed by atoms with Crippen molar-refractivity contribution in [2.45, 2.75) is 0 Å². The van der Waals surface area contributed by atoms with E-state index < -0.39 is 0 Å². The van der Waals surface area contributed by atoms with Crippen molar-refractivity contribution in [1.29, 1.82) is 0 Å². The van der Waals surface area contributed by atoms with Gasteiger partial charge in [0, 0.05) is 32.8 Å². The normalized spacial score (nSPS) is 11.9. The number of hydrogen-bond acceptors (Lipinski definition) is 2. The van der Waals surface area contributed by atoms with Gasteiger partial charge in [0.25, 0.3) is 0 Å². The van der Waals surface area contributed by atoms with Gasteiger partial charge in [0.2, 0.25) is 0 Å². The molecule has 3 heterocycles. The standard InChI is InChI=1S/C63H38N2O/c1-2-13-39(14-3-1)43-28-30-61-57(33-43)58-37-55-50-23-9-8-22-49(50)54-34-44(48-24-12-19-42-31-32-66-63(42)48)27-29-51(54)56(55)38-62(58)65(61)45-35-59(52-25-10-17-40-15-4-6-20-46(40)52)64-60(36-45)53-26-11-18-41-16-5-7-21-47(41)53/h1-38H. The van der Waals surface area contributed by atoms with Gasteiger partial charge in [-0.3, -0.25) is 0 Å². The van der Waals surface area contributed by atoms with Gasteiger partial charge in [-0.2, -0.15) is 0 Å². The highest BCUT2D eigenvalue weighted by molar-refractivity contribution is 6.29. The van der Waals surface area contributed by atoms with E-state index in [4.69, 9.17) is 9.40 Å². The lowest BCUT2D eigenvalue weighted by Crippen LogP contribution is -1.99. The third-order valence-electron chi connectivity index (χ3n) is 13.8. The number of rotatable bonds is 5. The topological polar surface area (TPSA) is 31.0 Å². The van der Waals surface area contributed by atoms with E-state index in [1.165, 1.54) is 75.8 Å². The summed E-state index contributed by atoms with van der Waals surface area (Å²) in [5.74, 6) is 0. The Morgan fingerprint density at radius 3 is 1.55 bits per heavy atom. The summed E-state index contributed by atoms with van der Waals surface area (Å²) in [6.45, 7) is 0. The summed E-state index contributed by atoms with van der Waals surface area (Å²) < 4.78 is 8.53. The summed E-state index contributed by atoms with van der Waals surface area (Å²) in [6, 6.07) is 81.8. The highest BCUT2D eigenvalue weighted by Gasteiger charge is 2.21. The molecule has 0 atom stereocenters. The largest absolute Gasteiger partial charge is 0.464 e. The van der Waals surface area contributed by atoms with Crippen LogP contribution in [0.3, 0.4) is 0 Å². The number of furan rings is 1. The van der Waals surface area contributed by atoms with E-state index in [1.54, 1.807) is 6.26 Å². The fraction of sp³-hybridized carbons (Fsp3) is 0. The SMILES string of the molecule is c1ccc(-c2ccc3c(c2)c2cc4c5ccccc5c5cc(-c6cccc7ccoc67)ccc5c4cc2n3-c2cc(-c3cccc4ccccc34)nc(-c3cccc4ccccc34)c2)cc1. The van der Waals surface area contributed by atoms with E-state index in [1.807, 2.05) is 6.07 Å². The van der Waals surface area contributed by atoms with Gasteiger partial charge in [0.15, 0.2) is 0 Å². The molecule has 14 aromatic rings. The molecular formula is C63H38N2O. The quantitative estimate of drug-likeness (QED) is 0.162. The number of hydrogen-bond donors (Lipinski definition) is 0. The molecule has 0 aliphatic rings. The molecule has 0 radical (unpaired) electrons. The van der Waals surface area contributed by atoms with Crippen LogP contribution in [0.1, 0.15) is 0 Å². The Bertz CT molecular complexity index is 4180. The van der Waals surface area contributed by atoms with Crippen LogP contribution < -0.4 is 0 Å². The lowest BCUT2D eigenvalue weighted by Gasteiger charge is -2.16. The van der Waals surface area contributed by atoms with E-state index >= 15 is 0 Å². The first-order valence-corrected chi connectivity index (χ1v) is 22.6. The van der Waals surface area contributed by atoms with Crippen molar-refractivity contribution in [1.82, 2.24) is 9.55 Å². The fourth-order valence-corrected chi connectivity index (χ4v) is 10.8. The van der Waals surface area contributed by atoms with Crippen LogP contribution in [0.2, 0.25) is 0 Å². The average Bonchev–Trinajstić information content (AvgIpc) is 4.00. The third-order valence-corrected chi connectivity index (χ3v) is 13.8. The van der Waals surface area contributed by atoms with Crippen molar-refractivity contribution < 1.29 is 4.42 Å². The molecule has 11 aromatic carbocycles. The molecule has 14 rings (SSSR count). The predicted octanol–water partition coefficient (Wildman–Crippen LogP) is 17.4. The maximum atomic E-state index is 6.05. The number of aromatic nitrogens is 2. The van der Waals surface area contributed by atoms with Crippen LogP contribution in [0.4, 0.5) is 0 Å². The predicted molar refractivity (Wildman–Crippen MR) is 278 cm³/mol. The molecule has 0 bridgehead atoms. The molecule has 0 spiro atoms. The Balaban J connectivity index is 1.10. The fourth-order valence-electron chi connectivity index (χ4n) is 10.8. The van der Waals surface area contributed by atoms with Gasteiger partial charge in [-0.25, -0.2) is 4.98 Å². The van der Waals surface area contributed by atoms with Gasteiger partial charge in [0.05, 0.1) is 34.4 Å². The van der Waals surface area contributed by atoms with Crippen LogP contribution in [0.15, 0.2) is 235 Å². The van der Waals surface area contributed by atoms with E-state index in [0.29, 0.717) is 0 Å². The zero-order valence-electron chi connectivity index (χ0n) is 35.7. The number of fused-ring (bicyclic) bond motifs is 12. The first-order valence-electron chi connectivity index (χ1n) is 22.6. The molecule has 66 heavy (non-hydrogen) atoms. The van der Waals surface area contributed by atoms with Gasteiger partial charge in [-0.05, 0) is 119 Å². The molecule has 0 amide bonds. The van der Waals surface area contributed by atoms with Crippen molar-refractivity contribution >= 4 is 86.6 Å². The Morgan fingerprint density at radius 2 is 0.833 bits per heavy atom. The number of para-hydroxylation sites is 1. The summed E-state index contributed by atoms with van der Waals surface area (Å²) in [4.78, 5) is 5.55. The van der Waals surface area contributed by atoms with Crippen LogP contribution >= 0.6 is 0 Å². The van der Waals surface area contributed by atoms with Crippen molar-refractivity contribution in [3.8, 4) is 50.5 Å². The second-order valence-corrected chi connectivity index (χ2v) is 17.4. The van der Waals surface area contributed by atoms with Crippen molar-refractivity contribution in [2.75, 3.05) is 0 Å². The van der Waals surface area contributed by atoms with E-state index in [-0.39, 0.29) is 0 Å². The van der Waals surface area contributed by atoms with Gasteiger partial charge in [0.1, 0.15) is 5.58 Å². The minimum atomic E-state index is 0.908. The summed E-state index contributed by atoms with van der Waals surface area (Å²) in [5.41, 5.74) is 12.9. The first kappa shape index (κ1) is 36.7. The second kappa shape index (κ2) is 14.4. The maximum Gasteiger partial charge on any atom is 0.141 e. The Morgan fingerprint density at radius 1 is 0.303 bits per heavy atom. The Hall–Kier alpha value is -8.79. The van der Waals surface area contributed by atoms with Crippen molar-refractivity contribution in [3.05, 3.63) is 231 Å². The van der Waals surface area contributed by atoms with Gasteiger partial charge in [-0.1, -0.05) is 176 Å². The Kier molecular flexibility index (Phi) is 7.98. The molecule has 0 unspecified atom stereocenters. The van der Waals surface area contributed by atoms with Crippen molar-refractivity contribution in [2.24, 2.45) is 0 Å². The zero-order valence-corrected chi connectivity index (χ0v) is 35.7. The number of benzene rings is 11. The van der Waals surface area contributed by atoms with Crippen LogP contribution in [0.25, 0.3) is 137 Å². The molecule has 3 aromatic heterocycles. The summed E-state index contributed by atoms with van der Waals surface area (Å²) >= 11 is 0. The first-order chi connectivity index (χ1) is 32.7. The molecule has 3 heteroatoms. The van der Waals surface area contributed by atoms with Gasteiger partial charge < -0.3 is 8.98 Å². The molecule has 0 aliphatic heterocycles. The summed E-state index contributed by atoms with van der Waals surface area (Å²) in [6.07, 6.45) is 1.78. The average molecular weight is 839 g/mol. The second-order valence-electron chi connectivity index (χ2n) is 17.4. The minimum absolute atomic E-state index is 0.908. The third kappa shape index (κ3) is 5.60. The highest BCUT2D eigenvalue weighted by Crippen LogP contribution is 2.44. The molecule has 0 fully saturated rings. The molecule has 0 saturated heterocycles. The lowest BCUT2D eigenvalue weighted by molar-refractivity contribution is 0.617. The van der Waals surface area contributed by atoms with E-state index in [9.17, 15) is 0 Å². The van der Waals surface area contributed by atoms with Gasteiger partial charge in [-0.15, -0.1) is 0 Å². The van der Waals surface area contributed by atoms with Crippen LogP contribution in [-0.2, 0) is 0 Å². The Labute approximate surface area is 380 Å². The van der Waals surface area contributed by atoms with Crippen LogP contribution in [0, 0.1) is 0 Å². The van der Waals surface area contributed by atoms with Crippen molar-refractivity contribution in [3.63, 3.8) is 0 Å². The number of nitrogens with zero attached hydrogens (tertiary/aromatic N) is 2. The molecule has 3 nitrogen and oxygen atoms in total. The van der Waals surface area contributed by atoms with Crippen LogP contribution in [0.5, 0.6) is 0 Å². The maximum absolute atomic E-state index is 6.05. The minimum Gasteiger partial charge on any atom is -0.464 e.